The van der Waals surface area contributed by atoms with Crippen LogP contribution in [0.15, 0.2) is 6.07 Å². The van der Waals surface area contributed by atoms with E-state index in [2.05, 4.69) is 10.2 Å². The molecule has 0 fully saturated rings. The molecular weight excluding hydrogens is 128 g/mol. The summed E-state index contributed by atoms with van der Waals surface area (Å²) < 4.78 is 0. The summed E-state index contributed by atoms with van der Waals surface area (Å²) >= 11 is 0. The minimum Gasteiger partial charge on any atom is -0.396 e. The highest BCUT2D eigenvalue weighted by Crippen LogP contribution is 2.09. The Balaban J connectivity index is 3.04. The minimum atomic E-state index is 0.303. The summed E-state index contributed by atoms with van der Waals surface area (Å²) in [6.45, 7) is 1.99. The van der Waals surface area contributed by atoms with Gasteiger partial charge in [0.25, 0.3) is 0 Å². The van der Waals surface area contributed by atoms with Gasteiger partial charge in [-0.1, -0.05) is 6.92 Å². The van der Waals surface area contributed by atoms with Crippen molar-refractivity contribution in [3.8, 4) is 0 Å². The highest BCUT2D eigenvalue weighted by Gasteiger charge is 1.96. The van der Waals surface area contributed by atoms with Gasteiger partial charge in [0.2, 0.25) is 0 Å². The Hall–Kier alpha value is -1.32. The van der Waals surface area contributed by atoms with Crippen LogP contribution in [0.5, 0.6) is 0 Å². The molecule has 54 valence electrons. The van der Waals surface area contributed by atoms with Crippen molar-refractivity contribution in [1.82, 2.24) is 10.2 Å². The van der Waals surface area contributed by atoms with E-state index in [1.54, 1.807) is 6.07 Å². The largest absolute Gasteiger partial charge is 0.396 e. The first-order valence-electron chi connectivity index (χ1n) is 3.11. The highest BCUT2D eigenvalue weighted by molar-refractivity contribution is 5.57. The molecule has 4 nitrogen and oxygen atoms in total. The van der Waals surface area contributed by atoms with Gasteiger partial charge in [-0.15, -0.1) is 5.10 Å². The van der Waals surface area contributed by atoms with Crippen molar-refractivity contribution >= 4 is 11.5 Å². The van der Waals surface area contributed by atoms with E-state index in [9.17, 15) is 0 Å². The number of nitrogens with zero attached hydrogens (tertiary/aromatic N) is 2. The zero-order chi connectivity index (χ0) is 7.56. The second kappa shape index (κ2) is 2.51. The molecule has 0 aromatic carbocycles. The van der Waals surface area contributed by atoms with Crippen LogP contribution in [-0.4, -0.2) is 10.2 Å². The smallest absolute Gasteiger partial charge is 0.169 e. The fourth-order valence-electron chi connectivity index (χ4n) is 0.631. The van der Waals surface area contributed by atoms with Crippen LogP contribution < -0.4 is 11.5 Å². The summed E-state index contributed by atoms with van der Waals surface area (Å²) in [5, 5.41) is 7.45. The van der Waals surface area contributed by atoms with Crippen molar-refractivity contribution in [3.05, 3.63) is 11.8 Å². The molecule has 0 amide bonds. The molecule has 10 heavy (non-hydrogen) atoms. The number of nitrogens with two attached hydrogens (primary N) is 2. The number of rotatable bonds is 1. The van der Waals surface area contributed by atoms with Crippen LogP contribution in [-0.2, 0) is 6.42 Å². The Morgan fingerprint density at radius 1 is 1.40 bits per heavy atom. The predicted molar refractivity (Wildman–Crippen MR) is 40.2 cm³/mol. The van der Waals surface area contributed by atoms with Crippen molar-refractivity contribution in [2.75, 3.05) is 11.5 Å². The van der Waals surface area contributed by atoms with E-state index in [1.165, 1.54) is 0 Å². The molecule has 1 rings (SSSR count). The third-order valence-corrected chi connectivity index (χ3v) is 1.27. The summed E-state index contributed by atoms with van der Waals surface area (Å²) in [5.41, 5.74) is 12.2. The molecule has 0 bridgehead atoms. The Labute approximate surface area is 59.2 Å². The summed E-state index contributed by atoms with van der Waals surface area (Å²) in [6.07, 6.45) is 0.831. The topological polar surface area (TPSA) is 77.8 Å². The van der Waals surface area contributed by atoms with Gasteiger partial charge in [-0.2, -0.15) is 5.10 Å². The molecule has 0 saturated carbocycles. The molecule has 1 aromatic heterocycles. The molecule has 4 heteroatoms. The van der Waals surface area contributed by atoms with Crippen molar-refractivity contribution < 1.29 is 0 Å². The first kappa shape index (κ1) is 6.80. The quantitative estimate of drug-likeness (QED) is 0.581. The van der Waals surface area contributed by atoms with E-state index in [0.717, 1.165) is 12.1 Å². The van der Waals surface area contributed by atoms with Crippen LogP contribution in [0, 0.1) is 0 Å². The Kier molecular flexibility index (Phi) is 1.71. The second-order valence-corrected chi connectivity index (χ2v) is 2.03. The predicted octanol–water partition coefficient (Wildman–Crippen LogP) is 0.203. The third-order valence-electron chi connectivity index (χ3n) is 1.27. The van der Waals surface area contributed by atoms with Gasteiger partial charge in [0.05, 0.1) is 11.4 Å². The Morgan fingerprint density at radius 3 is 2.60 bits per heavy atom. The zero-order valence-corrected chi connectivity index (χ0v) is 5.83. The van der Waals surface area contributed by atoms with Gasteiger partial charge in [0, 0.05) is 0 Å². The number of hydrogen-bond donors (Lipinski definition) is 2. The molecule has 0 saturated heterocycles. The van der Waals surface area contributed by atoms with E-state index in [4.69, 9.17) is 11.5 Å². The van der Waals surface area contributed by atoms with Crippen molar-refractivity contribution in [2.24, 2.45) is 0 Å². The fourth-order valence-corrected chi connectivity index (χ4v) is 0.631. The third kappa shape index (κ3) is 1.15. The monoisotopic (exact) mass is 138 g/mol. The molecule has 0 atom stereocenters. The van der Waals surface area contributed by atoms with Crippen LogP contribution >= 0.6 is 0 Å². The lowest BCUT2D eigenvalue weighted by molar-refractivity contribution is 0.928. The van der Waals surface area contributed by atoms with E-state index >= 15 is 0 Å². The summed E-state index contributed by atoms with van der Waals surface area (Å²) in [5.74, 6) is 0.303. The molecule has 4 N–H and O–H groups in total. The summed E-state index contributed by atoms with van der Waals surface area (Å²) in [6, 6.07) is 1.74. The lowest BCUT2D eigenvalue weighted by Gasteiger charge is -1.98. The second-order valence-electron chi connectivity index (χ2n) is 2.03. The molecule has 0 aliphatic carbocycles. The normalized spacial score (nSPS) is 9.70. The molecule has 1 heterocycles. The first-order valence-corrected chi connectivity index (χ1v) is 3.11. The first-order chi connectivity index (χ1) is 4.74. The molecule has 0 radical (unpaired) electrons. The highest BCUT2D eigenvalue weighted by atomic mass is 15.1. The number of hydrogen-bond acceptors (Lipinski definition) is 4. The number of anilines is 2. The van der Waals surface area contributed by atoms with E-state index in [0.29, 0.717) is 11.5 Å². The molecule has 0 aliphatic heterocycles. The van der Waals surface area contributed by atoms with E-state index < -0.39 is 0 Å². The minimum absolute atomic E-state index is 0.303. The van der Waals surface area contributed by atoms with Gasteiger partial charge in [-0.05, 0) is 12.5 Å². The number of aryl methyl sites for hydroxylation is 1. The van der Waals surface area contributed by atoms with Gasteiger partial charge in [-0.3, -0.25) is 0 Å². The number of nitrogen functional groups attached to an aromatic ring is 2. The van der Waals surface area contributed by atoms with Crippen molar-refractivity contribution in [2.45, 2.75) is 13.3 Å². The van der Waals surface area contributed by atoms with Crippen LogP contribution in [0.1, 0.15) is 12.6 Å². The Bertz CT molecular complexity index is 233. The average molecular weight is 138 g/mol. The molecule has 0 spiro atoms. The Morgan fingerprint density at radius 2 is 2.10 bits per heavy atom. The standard InChI is InChI=1S/C6H10N4/c1-2-4-3-5(7)6(8)10-9-4/h3H,2H2,1H3,(H2,7,9)(H2,8,10). The van der Waals surface area contributed by atoms with Crippen LogP contribution in [0.3, 0.4) is 0 Å². The van der Waals surface area contributed by atoms with Gasteiger partial charge in [0.1, 0.15) is 0 Å². The van der Waals surface area contributed by atoms with Crippen LogP contribution in [0.4, 0.5) is 11.5 Å². The van der Waals surface area contributed by atoms with Gasteiger partial charge in [-0.25, -0.2) is 0 Å². The maximum atomic E-state index is 5.47. The SMILES string of the molecule is CCc1cc(N)c(N)nn1. The number of aromatic nitrogens is 2. The molecular formula is C6H10N4. The average Bonchev–Trinajstić information content (AvgIpc) is 1.95. The van der Waals surface area contributed by atoms with Gasteiger partial charge in [0.15, 0.2) is 5.82 Å². The van der Waals surface area contributed by atoms with Gasteiger partial charge < -0.3 is 11.5 Å². The molecule has 0 aliphatic rings. The molecule has 1 aromatic rings. The maximum absolute atomic E-state index is 5.47. The van der Waals surface area contributed by atoms with Crippen LogP contribution in [0.25, 0.3) is 0 Å². The van der Waals surface area contributed by atoms with Gasteiger partial charge >= 0.3 is 0 Å². The summed E-state index contributed by atoms with van der Waals surface area (Å²) in [7, 11) is 0. The maximum Gasteiger partial charge on any atom is 0.169 e. The lowest BCUT2D eigenvalue weighted by atomic mass is 10.3. The summed E-state index contributed by atoms with van der Waals surface area (Å²) in [4.78, 5) is 0. The van der Waals surface area contributed by atoms with E-state index in [1.807, 2.05) is 6.92 Å². The van der Waals surface area contributed by atoms with Crippen molar-refractivity contribution in [1.29, 1.82) is 0 Å². The van der Waals surface area contributed by atoms with E-state index in [-0.39, 0.29) is 0 Å². The zero-order valence-electron chi connectivity index (χ0n) is 5.83. The van der Waals surface area contributed by atoms with Crippen LogP contribution in [0.2, 0.25) is 0 Å². The van der Waals surface area contributed by atoms with Crippen molar-refractivity contribution in [3.63, 3.8) is 0 Å². The molecule has 0 unspecified atom stereocenters. The lowest BCUT2D eigenvalue weighted by Crippen LogP contribution is -2.01. The fraction of sp³-hybridized carbons (Fsp3) is 0.333.